The van der Waals surface area contributed by atoms with Crippen molar-refractivity contribution in [3.05, 3.63) is 52.8 Å². The van der Waals surface area contributed by atoms with Gasteiger partial charge in [0.1, 0.15) is 0 Å². The van der Waals surface area contributed by atoms with Gasteiger partial charge in [-0.3, -0.25) is 14.7 Å². The van der Waals surface area contributed by atoms with E-state index in [0.717, 1.165) is 24.1 Å². The number of benzene rings is 1. The van der Waals surface area contributed by atoms with Crippen molar-refractivity contribution in [1.82, 2.24) is 9.29 Å². The van der Waals surface area contributed by atoms with Gasteiger partial charge in [0, 0.05) is 23.7 Å². The smallest absolute Gasteiger partial charge is 0.259 e. The van der Waals surface area contributed by atoms with Crippen molar-refractivity contribution in [3.63, 3.8) is 0 Å². The van der Waals surface area contributed by atoms with Crippen LogP contribution in [0.2, 0.25) is 5.02 Å². The fraction of sp³-hybridized carbons (Fsp3) is 0.429. The van der Waals surface area contributed by atoms with Gasteiger partial charge in [0.05, 0.1) is 40.6 Å². The molecule has 1 saturated carbocycles. The molecular weight excluding hydrogens is 424 g/mol. The van der Waals surface area contributed by atoms with E-state index >= 15 is 0 Å². The number of pyridine rings is 1. The van der Waals surface area contributed by atoms with E-state index in [1.807, 2.05) is 26.0 Å². The second kappa shape index (κ2) is 6.67. The van der Waals surface area contributed by atoms with E-state index in [1.54, 1.807) is 33.7 Å². The zero-order chi connectivity index (χ0) is 21.3. The predicted octanol–water partition coefficient (Wildman–Crippen LogP) is 3.22. The Labute approximate surface area is 181 Å². The number of halogens is 1. The van der Waals surface area contributed by atoms with Crippen LogP contribution in [-0.2, 0) is 15.6 Å². The van der Waals surface area contributed by atoms with Crippen LogP contribution in [0.15, 0.2) is 36.7 Å². The van der Waals surface area contributed by atoms with E-state index in [0.29, 0.717) is 29.4 Å². The van der Waals surface area contributed by atoms with Crippen molar-refractivity contribution in [3.8, 4) is 0 Å². The third-order valence-electron chi connectivity index (χ3n) is 6.14. The van der Waals surface area contributed by atoms with Crippen molar-refractivity contribution < 1.29 is 13.2 Å². The molecule has 3 heterocycles. The van der Waals surface area contributed by atoms with Gasteiger partial charge >= 0.3 is 0 Å². The highest BCUT2D eigenvalue weighted by Crippen LogP contribution is 2.43. The predicted molar refractivity (Wildman–Crippen MR) is 116 cm³/mol. The molecule has 1 aromatic heterocycles. The normalized spacial score (nSPS) is 21.4. The van der Waals surface area contributed by atoms with E-state index in [2.05, 4.69) is 10.3 Å². The quantitative estimate of drug-likeness (QED) is 0.762. The Kier molecular flexibility index (Phi) is 4.40. The monoisotopic (exact) mass is 446 g/mol. The Bertz CT molecular complexity index is 1140. The highest BCUT2D eigenvalue weighted by molar-refractivity contribution is 7.90. The molecule has 9 heteroatoms. The number of nitrogens with one attached hydrogen (secondary N) is 1. The van der Waals surface area contributed by atoms with Gasteiger partial charge in [-0.1, -0.05) is 11.6 Å². The third kappa shape index (κ3) is 3.09. The summed E-state index contributed by atoms with van der Waals surface area (Å²) < 4.78 is 26.1. The number of nitrogens with zero attached hydrogens (tertiary/aromatic N) is 3. The Hall–Kier alpha value is -2.16. The Morgan fingerprint density at radius 1 is 1.17 bits per heavy atom. The van der Waals surface area contributed by atoms with E-state index in [-0.39, 0.29) is 17.2 Å². The zero-order valence-electron chi connectivity index (χ0n) is 16.8. The first kappa shape index (κ1) is 19.8. The topological polar surface area (TPSA) is 82.6 Å². The Balaban J connectivity index is 1.34. The molecule has 0 unspecified atom stereocenters. The molecule has 158 valence electrons. The molecule has 2 aromatic rings. The molecule has 1 amide bonds. The molecule has 7 nitrogen and oxygen atoms in total. The van der Waals surface area contributed by atoms with E-state index in [9.17, 15) is 13.2 Å². The molecule has 5 rings (SSSR count). The van der Waals surface area contributed by atoms with E-state index in [1.165, 1.54) is 0 Å². The molecule has 0 spiro atoms. The average molecular weight is 447 g/mol. The van der Waals surface area contributed by atoms with Crippen LogP contribution in [0.5, 0.6) is 0 Å². The molecular formula is C21H23ClN4O3S. The fourth-order valence-corrected chi connectivity index (χ4v) is 6.42. The first-order valence-corrected chi connectivity index (χ1v) is 11.9. The maximum atomic E-state index is 13.1. The molecule has 1 N–H and O–H groups in total. The Morgan fingerprint density at radius 2 is 1.90 bits per heavy atom. The third-order valence-corrected chi connectivity index (χ3v) is 8.71. The highest BCUT2D eigenvalue weighted by atomic mass is 35.5. The summed E-state index contributed by atoms with van der Waals surface area (Å²) in [5.41, 5.74) is 2.41. The molecule has 3 aliphatic rings. The molecule has 1 aliphatic carbocycles. The number of amides is 1. The number of hydrogen-bond acceptors (Lipinski definition) is 5. The summed E-state index contributed by atoms with van der Waals surface area (Å²) in [6.07, 6.45) is 4.91. The van der Waals surface area contributed by atoms with Crippen LogP contribution in [0.4, 0.5) is 11.4 Å². The van der Waals surface area contributed by atoms with Crippen molar-refractivity contribution in [2.45, 2.75) is 43.5 Å². The number of carbonyl (C=O) groups is 1. The molecule has 2 fully saturated rings. The minimum Gasteiger partial charge on any atom is -0.378 e. The van der Waals surface area contributed by atoms with Crippen molar-refractivity contribution in [2.24, 2.45) is 0 Å². The number of aromatic nitrogens is 1. The average Bonchev–Trinajstić information content (AvgIpc) is 3.47. The number of hydrogen-bond donors (Lipinski definition) is 1. The number of fused-ring (bicyclic) bond motifs is 1. The van der Waals surface area contributed by atoms with Gasteiger partial charge in [-0.05, 0) is 56.5 Å². The van der Waals surface area contributed by atoms with Crippen LogP contribution in [-0.4, -0.2) is 48.0 Å². The number of sulfonamides is 1. The van der Waals surface area contributed by atoms with Crippen molar-refractivity contribution in [2.75, 3.05) is 23.3 Å². The fourth-order valence-electron chi connectivity index (χ4n) is 4.32. The molecule has 0 atom stereocenters. The molecule has 2 aliphatic heterocycles. The van der Waals surface area contributed by atoms with Crippen LogP contribution in [0, 0.1) is 0 Å². The zero-order valence-corrected chi connectivity index (χ0v) is 18.4. The summed E-state index contributed by atoms with van der Waals surface area (Å²) in [7, 11) is -3.12. The summed E-state index contributed by atoms with van der Waals surface area (Å²) in [4.78, 5) is 19.2. The SMILES string of the molecule is CC1(C)c2cc(Cl)ccc2C(=O)N1c1cncc(NC2CN(S(=O)(=O)C3CC3)C2)c1. The van der Waals surface area contributed by atoms with Gasteiger partial charge in [-0.15, -0.1) is 0 Å². The van der Waals surface area contributed by atoms with Crippen LogP contribution < -0.4 is 10.2 Å². The standard InChI is InChI=1S/C21H23ClN4O3S/c1-21(2)19-7-13(22)3-6-18(19)20(27)26(21)16-8-14(9-23-10-16)24-15-11-25(12-15)30(28,29)17-4-5-17/h3,6-10,15,17,24H,4-5,11-12H2,1-2H3. The van der Waals surface area contributed by atoms with Gasteiger partial charge in [0.2, 0.25) is 10.0 Å². The summed E-state index contributed by atoms with van der Waals surface area (Å²) in [6.45, 7) is 4.89. The second-order valence-electron chi connectivity index (χ2n) is 8.72. The lowest BCUT2D eigenvalue weighted by atomic mass is 9.93. The lowest BCUT2D eigenvalue weighted by Gasteiger charge is -2.39. The molecule has 1 aromatic carbocycles. The summed E-state index contributed by atoms with van der Waals surface area (Å²) in [5, 5.41) is 3.77. The number of anilines is 2. The van der Waals surface area contributed by atoms with Gasteiger partial charge < -0.3 is 5.32 Å². The highest BCUT2D eigenvalue weighted by Gasteiger charge is 2.46. The van der Waals surface area contributed by atoms with Gasteiger partial charge in [0.25, 0.3) is 5.91 Å². The molecule has 1 saturated heterocycles. The van der Waals surface area contributed by atoms with E-state index in [4.69, 9.17) is 11.6 Å². The Morgan fingerprint density at radius 3 is 2.60 bits per heavy atom. The minimum absolute atomic E-state index is 0.0360. The summed E-state index contributed by atoms with van der Waals surface area (Å²) in [6, 6.07) is 7.26. The van der Waals surface area contributed by atoms with Crippen LogP contribution in [0.25, 0.3) is 0 Å². The first-order valence-electron chi connectivity index (χ1n) is 10.0. The van der Waals surface area contributed by atoms with Crippen LogP contribution >= 0.6 is 11.6 Å². The van der Waals surface area contributed by atoms with Crippen molar-refractivity contribution in [1.29, 1.82) is 0 Å². The first-order chi connectivity index (χ1) is 14.2. The molecule has 0 radical (unpaired) electrons. The molecule has 0 bridgehead atoms. The van der Waals surface area contributed by atoms with Gasteiger partial charge in [-0.2, -0.15) is 4.31 Å². The summed E-state index contributed by atoms with van der Waals surface area (Å²) >= 11 is 6.17. The largest absolute Gasteiger partial charge is 0.378 e. The van der Waals surface area contributed by atoms with Gasteiger partial charge in [-0.25, -0.2) is 8.42 Å². The number of rotatable bonds is 5. The summed E-state index contributed by atoms with van der Waals surface area (Å²) in [5.74, 6) is -0.0871. The van der Waals surface area contributed by atoms with E-state index < -0.39 is 15.6 Å². The van der Waals surface area contributed by atoms with Crippen LogP contribution in [0.3, 0.4) is 0 Å². The lowest BCUT2D eigenvalue weighted by molar-refractivity contribution is 0.0982. The lowest BCUT2D eigenvalue weighted by Crippen LogP contribution is -2.57. The van der Waals surface area contributed by atoms with Crippen LogP contribution in [0.1, 0.15) is 42.6 Å². The second-order valence-corrected chi connectivity index (χ2v) is 11.4. The van der Waals surface area contributed by atoms with Crippen molar-refractivity contribution >= 4 is 38.9 Å². The molecule has 30 heavy (non-hydrogen) atoms. The van der Waals surface area contributed by atoms with Gasteiger partial charge in [0.15, 0.2) is 0 Å². The maximum absolute atomic E-state index is 13.1. The minimum atomic E-state index is -3.12. The maximum Gasteiger partial charge on any atom is 0.259 e. The number of carbonyl (C=O) groups excluding carboxylic acids is 1.